The Bertz CT molecular complexity index is 232. The molecule has 1 aliphatic heterocycles. The monoisotopic (exact) mass is 176 g/mol. The molecule has 66 valence electrons. The number of carbonyl (C=O) groups excluding carboxylic acids is 2. The standard InChI is InChI=1S/C5H4O7/c6-3(7)4(8)11-2-1-10-5(9)12-2/h2H,1H2,(H,6,7). The number of cyclic esters (lactones) is 2. The maximum atomic E-state index is 10.3. The molecule has 0 aromatic carbocycles. The third-order valence-electron chi connectivity index (χ3n) is 0.978. The smallest absolute Gasteiger partial charge is 0.473 e. The zero-order valence-electron chi connectivity index (χ0n) is 5.68. The number of aliphatic carboxylic acids is 1. The molecule has 1 saturated heterocycles. The summed E-state index contributed by atoms with van der Waals surface area (Å²) in [5.41, 5.74) is 0. The van der Waals surface area contributed by atoms with Crippen molar-refractivity contribution >= 4 is 18.1 Å². The summed E-state index contributed by atoms with van der Waals surface area (Å²) in [5.74, 6) is -3.24. The van der Waals surface area contributed by atoms with E-state index in [4.69, 9.17) is 5.11 Å². The topological polar surface area (TPSA) is 99.1 Å². The van der Waals surface area contributed by atoms with Crippen LogP contribution in [0.25, 0.3) is 0 Å². The molecule has 1 aliphatic rings. The van der Waals surface area contributed by atoms with E-state index < -0.39 is 24.4 Å². The molecule has 7 nitrogen and oxygen atoms in total. The zero-order valence-corrected chi connectivity index (χ0v) is 5.68. The van der Waals surface area contributed by atoms with Crippen LogP contribution in [-0.2, 0) is 23.8 Å². The second kappa shape index (κ2) is 3.07. The Labute approximate surface area is 65.8 Å². The fourth-order valence-electron chi connectivity index (χ4n) is 0.539. The lowest BCUT2D eigenvalue weighted by atomic mass is 10.6. The summed E-state index contributed by atoms with van der Waals surface area (Å²) in [6.45, 7) is -0.280. The van der Waals surface area contributed by atoms with Crippen molar-refractivity contribution in [2.75, 3.05) is 6.61 Å². The zero-order chi connectivity index (χ0) is 9.14. The van der Waals surface area contributed by atoms with Crippen LogP contribution in [-0.4, -0.2) is 36.1 Å². The molecule has 0 spiro atoms. The first kappa shape index (κ1) is 8.31. The highest BCUT2D eigenvalue weighted by Gasteiger charge is 2.30. The molecule has 0 aromatic heterocycles. The number of ether oxygens (including phenoxy) is 3. The van der Waals surface area contributed by atoms with Gasteiger partial charge in [0.2, 0.25) is 0 Å². The Balaban J connectivity index is 2.37. The van der Waals surface area contributed by atoms with Crippen molar-refractivity contribution in [3.63, 3.8) is 0 Å². The Morgan fingerprint density at radius 1 is 1.58 bits per heavy atom. The van der Waals surface area contributed by atoms with Gasteiger partial charge < -0.3 is 19.3 Å². The molecule has 1 rings (SSSR count). The van der Waals surface area contributed by atoms with Gasteiger partial charge in [0.25, 0.3) is 6.29 Å². The first-order chi connectivity index (χ1) is 5.59. The van der Waals surface area contributed by atoms with E-state index in [9.17, 15) is 14.4 Å². The Kier molecular flexibility index (Phi) is 2.13. The van der Waals surface area contributed by atoms with Gasteiger partial charge in [-0.05, 0) is 0 Å². The van der Waals surface area contributed by atoms with Gasteiger partial charge in [0, 0.05) is 0 Å². The fourth-order valence-corrected chi connectivity index (χ4v) is 0.539. The summed E-state index contributed by atoms with van der Waals surface area (Å²) < 4.78 is 12.6. The molecule has 7 heteroatoms. The van der Waals surface area contributed by atoms with E-state index in [-0.39, 0.29) is 6.61 Å². The van der Waals surface area contributed by atoms with Crippen molar-refractivity contribution in [1.82, 2.24) is 0 Å². The third kappa shape index (κ3) is 1.84. The first-order valence-corrected chi connectivity index (χ1v) is 2.87. The van der Waals surface area contributed by atoms with E-state index in [1.54, 1.807) is 0 Å². The van der Waals surface area contributed by atoms with Crippen molar-refractivity contribution in [3.8, 4) is 0 Å². The maximum Gasteiger partial charge on any atom is 0.511 e. The van der Waals surface area contributed by atoms with E-state index in [0.29, 0.717) is 0 Å². The maximum absolute atomic E-state index is 10.3. The average Bonchev–Trinajstić information content (AvgIpc) is 2.35. The average molecular weight is 176 g/mol. The van der Waals surface area contributed by atoms with Gasteiger partial charge >= 0.3 is 18.1 Å². The van der Waals surface area contributed by atoms with E-state index in [0.717, 1.165) is 0 Å². The lowest BCUT2D eigenvalue weighted by Gasteiger charge is -2.04. The minimum Gasteiger partial charge on any atom is -0.473 e. The number of hydrogen-bond donors (Lipinski definition) is 1. The van der Waals surface area contributed by atoms with Crippen molar-refractivity contribution in [2.45, 2.75) is 6.29 Å². The summed E-state index contributed by atoms with van der Waals surface area (Å²) >= 11 is 0. The van der Waals surface area contributed by atoms with Gasteiger partial charge in [-0.25, -0.2) is 14.4 Å². The number of hydrogen-bond acceptors (Lipinski definition) is 6. The van der Waals surface area contributed by atoms with Gasteiger partial charge in [-0.2, -0.15) is 0 Å². The molecule has 0 aromatic rings. The van der Waals surface area contributed by atoms with Crippen LogP contribution in [0.5, 0.6) is 0 Å². The van der Waals surface area contributed by atoms with E-state index >= 15 is 0 Å². The quantitative estimate of drug-likeness (QED) is 0.408. The molecule has 1 atom stereocenters. The summed E-state index contributed by atoms with van der Waals surface area (Å²) in [5, 5.41) is 8.05. The highest BCUT2D eigenvalue weighted by molar-refractivity contribution is 6.28. The number of carboxylic acids is 1. The fraction of sp³-hybridized carbons (Fsp3) is 0.400. The second-order valence-electron chi connectivity index (χ2n) is 1.82. The minimum absolute atomic E-state index is 0.280. The Morgan fingerprint density at radius 3 is 2.67 bits per heavy atom. The van der Waals surface area contributed by atoms with Gasteiger partial charge in [0.1, 0.15) is 0 Å². The highest BCUT2D eigenvalue weighted by atomic mass is 16.8. The summed E-state index contributed by atoms with van der Waals surface area (Å²) in [4.78, 5) is 30.5. The van der Waals surface area contributed by atoms with Crippen LogP contribution in [0.2, 0.25) is 0 Å². The van der Waals surface area contributed by atoms with Crippen LogP contribution in [0.3, 0.4) is 0 Å². The normalized spacial score (nSPS) is 21.0. The molecule has 0 aliphatic carbocycles. The van der Waals surface area contributed by atoms with Crippen LogP contribution >= 0.6 is 0 Å². The van der Waals surface area contributed by atoms with Crippen molar-refractivity contribution < 1.29 is 33.7 Å². The van der Waals surface area contributed by atoms with Crippen molar-refractivity contribution in [2.24, 2.45) is 0 Å². The molecule has 0 amide bonds. The predicted octanol–water partition coefficient (Wildman–Crippen LogP) is -0.893. The lowest BCUT2D eigenvalue weighted by Crippen LogP contribution is -2.25. The Morgan fingerprint density at radius 2 is 2.25 bits per heavy atom. The third-order valence-corrected chi connectivity index (χ3v) is 0.978. The molecule has 0 bridgehead atoms. The van der Waals surface area contributed by atoms with E-state index in [1.807, 2.05) is 0 Å². The van der Waals surface area contributed by atoms with Gasteiger partial charge in [0.15, 0.2) is 6.61 Å². The number of esters is 1. The first-order valence-electron chi connectivity index (χ1n) is 2.87. The van der Waals surface area contributed by atoms with Gasteiger partial charge in [-0.3, -0.25) is 0 Å². The molecule has 0 radical (unpaired) electrons. The molecule has 0 saturated carbocycles. The summed E-state index contributed by atoms with van der Waals surface area (Å²) in [6.07, 6.45) is -2.24. The summed E-state index contributed by atoms with van der Waals surface area (Å²) in [6, 6.07) is 0. The largest absolute Gasteiger partial charge is 0.511 e. The molecular formula is C5H4O7. The van der Waals surface area contributed by atoms with Crippen LogP contribution in [0, 0.1) is 0 Å². The van der Waals surface area contributed by atoms with Gasteiger partial charge in [0.05, 0.1) is 0 Å². The molecular weight excluding hydrogens is 172 g/mol. The molecule has 1 unspecified atom stereocenters. The van der Waals surface area contributed by atoms with Crippen molar-refractivity contribution in [3.05, 3.63) is 0 Å². The van der Waals surface area contributed by atoms with E-state index in [1.165, 1.54) is 0 Å². The van der Waals surface area contributed by atoms with Crippen LogP contribution < -0.4 is 0 Å². The Hall–Kier alpha value is -1.79. The molecule has 1 heterocycles. The number of carbonyl (C=O) groups is 3. The van der Waals surface area contributed by atoms with Gasteiger partial charge in [-0.1, -0.05) is 0 Å². The number of rotatable bonds is 1. The van der Waals surface area contributed by atoms with Crippen LogP contribution in [0.15, 0.2) is 0 Å². The van der Waals surface area contributed by atoms with Crippen LogP contribution in [0.1, 0.15) is 0 Å². The molecule has 1 fully saturated rings. The van der Waals surface area contributed by atoms with Crippen LogP contribution in [0.4, 0.5) is 4.79 Å². The SMILES string of the molecule is O=C1OCC(OC(=O)C(=O)O)O1. The molecule has 1 N–H and O–H groups in total. The highest BCUT2D eigenvalue weighted by Crippen LogP contribution is 2.07. The van der Waals surface area contributed by atoms with E-state index in [2.05, 4.69) is 14.2 Å². The predicted molar refractivity (Wildman–Crippen MR) is 29.9 cm³/mol. The summed E-state index contributed by atoms with van der Waals surface area (Å²) in [7, 11) is 0. The second-order valence-corrected chi connectivity index (χ2v) is 1.82. The lowest BCUT2D eigenvalue weighted by molar-refractivity contribution is -0.176. The van der Waals surface area contributed by atoms with Gasteiger partial charge in [-0.15, -0.1) is 0 Å². The van der Waals surface area contributed by atoms with Crippen molar-refractivity contribution in [1.29, 1.82) is 0 Å². The number of carboxylic acid groups (broad SMARTS) is 1. The minimum atomic E-state index is -1.75. The molecule has 12 heavy (non-hydrogen) atoms.